The number of rotatable bonds is 2. The summed E-state index contributed by atoms with van der Waals surface area (Å²) in [6, 6.07) is 8.83. The van der Waals surface area contributed by atoms with Gasteiger partial charge in [-0.15, -0.1) is 0 Å². The molecular formula is C17H16N6O2. The number of hydrogen-bond donors (Lipinski definition) is 2. The lowest BCUT2D eigenvalue weighted by molar-refractivity contribution is 0.0974. The first kappa shape index (κ1) is 15.1. The number of nitrogens with one attached hydrogen (secondary N) is 1. The monoisotopic (exact) mass is 336 g/mol. The number of anilines is 1. The number of ether oxygens (including phenoxy) is 1. The molecule has 3 N–H and O–H groups in total. The Bertz CT molecular complexity index is 904. The summed E-state index contributed by atoms with van der Waals surface area (Å²) in [5.41, 5.74) is 7.60. The summed E-state index contributed by atoms with van der Waals surface area (Å²) < 4.78 is 5.26. The third kappa shape index (κ3) is 2.67. The average molecular weight is 336 g/mol. The van der Waals surface area contributed by atoms with Gasteiger partial charge in [-0.1, -0.05) is 0 Å². The van der Waals surface area contributed by atoms with Crippen molar-refractivity contribution in [2.24, 2.45) is 9.98 Å². The number of pyridine rings is 1. The molecule has 0 aliphatic carbocycles. The number of aromatic nitrogens is 1. The van der Waals surface area contributed by atoms with Crippen LogP contribution in [0.5, 0.6) is 5.75 Å². The quantitative estimate of drug-likeness (QED) is 0.856. The zero-order chi connectivity index (χ0) is 17.4. The van der Waals surface area contributed by atoms with Crippen molar-refractivity contribution in [1.82, 2.24) is 15.2 Å². The standard InChI is InChI=1S/C17H16N6O2/c1-25-11-3-4-12-13(8-11)21-17(23-7-6-19-15(12)23)22-16(24)10-2-5-14(18)20-9-10/h2-5,8-9H,6-7H2,1H3,(H2,18,20)(H,21,22,24). The number of amides is 1. The fourth-order valence-corrected chi connectivity index (χ4v) is 2.79. The predicted octanol–water partition coefficient (Wildman–Crippen LogP) is 1.17. The summed E-state index contributed by atoms with van der Waals surface area (Å²) in [6.07, 6.45) is 1.43. The Kier molecular flexibility index (Phi) is 3.57. The molecule has 2 aliphatic heterocycles. The van der Waals surface area contributed by atoms with Gasteiger partial charge in [0.25, 0.3) is 5.91 Å². The molecule has 0 unspecified atom stereocenters. The van der Waals surface area contributed by atoms with Gasteiger partial charge in [0.2, 0.25) is 5.96 Å². The molecule has 8 heteroatoms. The predicted molar refractivity (Wildman–Crippen MR) is 94.3 cm³/mol. The lowest BCUT2D eigenvalue weighted by Gasteiger charge is -2.27. The number of amidine groups is 1. The van der Waals surface area contributed by atoms with Crippen LogP contribution < -0.4 is 15.8 Å². The van der Waals surface area contributed by atoms with Crippen LogP contribution in [0.4, 0.5) is 11.5 Å². The Morgan fingerprint density at radius 2 is 2.20 bits per heavy atom. The Labute approximate surface area is 144 Å². The van der Waals surface area contributed by atoms with E-state index in [1.807, 2.05) is 23.1 Å². The summed E-state index contributed by atoms with van der Waals surface area (Å²) in [6.45, 7) is 1.32. The lowest BCUT2D eigenvalue weighted by atomic mass is 10.1. The molecule has 2 aromatic rings. The van der Waals surface area contributed by atoms with E-state index in [0.29, 0.717) is 41.9 Å². The topological polar surface area (TPSA) is 105 Å². The minimum atomic E-state index is -0.302. The number of aliphatic imine (C=N–C) groups is 2. The summed E-state index contributed by atoms with van der Waals surface area (Å²) in [7, 11) is 1.60. The molecule has 3 heterocycles. The van der Waals surface area contributed by atoms with Crippen molar-refractivity contribution in [2.75, 3.05) is 25.9 Å². The van der Waals surface area contributed by atoms with Crippen molar-refractivity contribution in [2.45, 2.75) is 0 Å². The molecule has 1 aromatic carbocycles. The summed E-state index contributed by atoms with van der Waals surface area (Å²) in [5, 5.41) is 2.84. The van der Waals surface area contributed by atoms with Crippen molar-refractivity contribution in [1.29, 1.82) is 0 Å². The number of fused-ring (bicyclic) bond motifs is 3. The average Bonchev–Trinajstić information content (AvgIpc) is 3.12. The molecule has 0 spiro atoms. The summed E-state index contributed by atoms with van der Waals surface area (Å²) >= 11 is 0. The Hall–Kier alpha value is -3.42. The normalized spacial score (nSPS) is 15.0. The minimum absolute atomic E-state index is 0.302. The number of nitrogen functional groups attached to an aromatic ring is 1. The number of carbonyl (C=O) groups excluding carboxylic acids is 1. The molecule has 8 nitrogen and oxygen atoms in total. The molecule has 25 heavy (non-hydrogen) atoms. The second-order valence-corrected chi connectivity index (χ2v) is 5.60. The number of hydrogen-bond acceptors (Lipinski definition) is 7. The maximum absolute atomic E-state index is 12.5. The van der Waals surface area contributed by atoms with Crippen LogP contribution in [-0.2, 0) is 0 Å². The molecule has 1 aromatic heterocycles. The first-order valence-electron chi connectivity index (χ1n) is 7.77. The molecule has 0 radical (unpaired) electrons. The first-order chi connectivity index (χ1) is 12.2. The third-order valence-corrected chi connectivity index (χ3v) is 4.04. The molecule has 0 saturated heterocycles. The molecule has 1 amide bonds. The molecule has 0 saturated carbocycles. The fraction of sp³-hybridized carbons (Fsp3) is 0.176. The number of nitrogens with two attached hydrogens (primary N) is 1. The van der Waals surface area contributed by atoms with Gasteiger partial charge >= 0.3 is 0 Å². The highest BCUT2D eigenvalue weighted by molar-refractivity contribution is 6.19. The van der Waals surface area contributed by atoms with Crippen LogP contribution in [-0.4, -0.2) is 47.8 Å². The van der Waals surface area contributed by atoms with Gasteiger partial charge in [0.1, 0.15) is 17.4 Å². The largest absolute Gasteiger partial charge is 0.497 e. The van der Waals surface area contributed by atoms with Crippen LogP contribution in [0.3, 0.4) is 0 Å². The molecule has 0 bridgehead atoms. The molecular weight excluding hydrogens is 320 g/mol. The van der Waals surface area contributed by atoms with Crippen LogP contribution in [0, 0.1) is 0 Å². The zero-order valence-corrected chi connectivity index (χ0v) is 13.6. The van der Waals surface area contributed by atoms with Crippen molar-refractivity contribution >= 4 is 29.2 Å². The van der Waals surface area contributed by atoms with Crippen molar-refractivity contribution in [3.8, 4) is 5.75 Å². The van der Waals surface area contributed by atoms with Gasteiger partial charge in [0, 0.05) is 24.4 Å². The van der Waals surface area contributed by atoms with E-state index in [1.165, 1.54) is 6.20 Å². The van der Waals surface area contributed by atoms with Crippen molar-refractivity contribution < 1.29 is 9.53 Å². The maximum atomic E-state index is 12.5. The number of guanidine groups is 1. The van der Waals surface area contributed by atoms with E-state index in [4.69, 9.17) is 10.5 Å². The second-order valence-electron chi connectivity index (χ2n) is 5.60. The fourth-order valence-electron chi connectivity index (χ4n) is 2.79. The highest BCUT2D eigenvalue weighted by atomic mass is 16.5. The lowest BCUT2D eigenvalue weighted by Crippen LogP contribution is -2.47. The van der Waals surface area contributed by atoms with Crippen molar-refractivity contribution in [3.05, 3.63) is 47.7 Å². The number of nitrogens with zero attached hydrogens (tertiary/aromatic N) is 4. The highest BCUT2D eigenvalue weighted by Crippen LogP contribution is 2.31. The Morgan fingerprint density at radius 1 is 1.32 bits per heavy atom. The van der Waals surface area contributed by atoms with Gasteiger partial charge in [-0.2, -0.15) is 0 Å². The van der Waals surface area contributed by atoms with Gasteiger partial charge in [-0.25, -0.2) is 9.98 Å². The van der Waals surface area contributed by atoms with E-state index in [-0.39, 0.29) is 5.91 Å². The van der Waals surface area contributed by atoms with Crippen LogP contribution >= 0.6 is 0 Å². The van der Waals surface area contributed by atoms with E-state index < -0.39 is 0 Å². The van der Waals surface area contributed by atoms with E-state index in [1.54, 1.807) is 19.2 Å². The second kappa shape index (κ2) is 5.90. The smallest absolute Gasteiger partial charge is 0.259 e. The first-order valence-corrected chi connectivity index (χ1v) is 7.77. The van der Waals surface area contributed by atoms with Crippen LogP contribution in [0.15, 0.2) is 46.5 Å². The molecule has 0 atom stereocenters. The SMILES string of the molecule is COc1ccc2c(c1)N=C(NC(=O)c1ccc(N)nc1)N1CCN=C21. The van der Waals surface area contributed by atoms with Crippen molar-refractivity contribution in [3.63, 3.8) is 0 Å². The summed E-state index contributed by atoms with van der Waals surface area (Å²) in [5.74, 6) is 2.01. The van der Waals surface area contributed by atoms with Gasteiger partial charge in [-0.05, 0) is 24.3 Å². The maximum Gasteiger partial charge on any atom is 0.259 e. The van der Waals surface area contributed by atoms with Crippen LogP contribution in [0.1, 0.15) is 15.9 Å². The van der Waals surface area contributed by atoms with Gasteiger partial charge in [-0.3, -0.25) is 20.0 Å². The van der Waals surface area contributed by atoms with E-state index >= 15 is 0 Å². The van der Waals surface area contributed by atoms with E-state index in [0.717, 1.165) is 11.4 Å². The minimum Gasteiger partial charge on any atom is -0.497 e. The van der Waals surface area contributed by atoms with Crippen LogP contribution in [0.25, 0.3) is 0 Å². The van der Waals surface area contributed by atoms with Gasteiger partial charge in [0.15, 0.2) is 0 Å². The Balaban J connectivity index is 1.68. The number of methoxy groups -OCH3 is 1. The van der Waals surface area contributed by atoms with E-state index in [9.17, 15) is 4.79 Å². The molecule has 126 valence electrons. The molecule has 2 aliphatic rings. The Morgan fingerprint density at radius 3 is 2.96 bits per heavy atom. The zero-order valence-electron chi connectivity index (χ0n) is 13.6. The van der Waals surface area contributed by atoms with Gasteiger partial charge < -0.3 is 10.5 Å². The molecule has 0 fully saturated rings. The van der Waals surface area contributed by atoms with Crippen LogP contribution in [0.2, 0.25) is 0 Å². The highest BCUT2D eigenvalue weighted by Gasteiger charge is 2.30. The van der Waals surface area contributed by atoms with Gasteiger partial charge in [0.05, 0.1) is 24.9 Å². The molecule has 4 rings (SSSR count). The third-order valence-electron chi connectivity index (χ3n) is 4.04. The van der Waals surface area contributed by atoms with E-state index in [2.05, 4.69) is 20.3 Å². The number of carbonyl (C=O) groups is 1. The number of benzene rings is 1. The summed E-state index contributed by atoms with van der Waals surface area (Å²) in [4.78, 5) is 27.4.